The van der Waals surface area contributed by atoms with Gasteiger partial charge in [0, 0.05) is 6.04 Å². The summed E-state index contributed by atoms with van der Waals surface area (Å²) in [5.41, 5.74) is 0. The number of hydrogen-bond acceptors (Lipinski definition) is 3. The number of rotatable bonds is 7. The Balaban J connectivity index is 3.73. The molecule has 94 valence electrons. The van der Waals surface area contributed by atoms with Crippen LogP contribution in [0, 0.1) is 0 Å². The van der Waals surface area contributed by atoms with Gasteiger partial charge >= 0.3 is 12.0 Å². The first kappa shape index (κ1) is 15.1. The summed E-state index contributed by atoms with van der Waals surface area (Å²) in [6.07, 6.45) is 0.882. The first-order chi connectivity index (χ1) is 7.47. The molecule has 0 fully saturated rings. The summed E-state index contributed by atoms with van der Waals surface area (Å²) in [7, 11) is 0. The van der Waals surface area contributed by atoms with Crippen LogP contribution in [0.4, 0.5) is 4.79 Å². The summed E-state index contributed by atoms with van der Waals surface area (Å²) in [5.74, 6) is 1.02. The molecule has 0 radical (unpaired) electrons. The highest BCUT2D eigenvalue weighted by Crippen LogP contribution is 2.03. The Morgan fingerprint density at radius 2 is 1.94 bits per heavy atom. The van der Waals surface area contributed by atoms with Crippen LogP contribution in [-0.2, 0) is 4.79 Å². The monoisotopic (exact) mass is 248 g/mol. The largest absolute Gasteiger partial charge is 0.480 e. The van der Waals surface area contributed by atoms with Crippen LogP contribution in [-0.4, -0.2) is 40.7 Å². The van der Waals surface area contributed by atoms with E-state index in [2.05, 4.69) is 17.6 Å². The molecule has 16 heavy (non-hydrogen) atoms. The molecular formula is C10H20N2O3S. The molecule has 0 aromatic rings. The number of hydrogen-bond donors (Lipinski definition) is 3. The second-order valence-corrected chi connectivity index (χ2v) is 4.96. The predicted octanol–water partition coefficient (Wildman–Crippen LogP) is 1.29. The number of thioether (sulfide) groups is 1. The fourth-order valence-electron chi connectivity index (χ4n) is 1.00. The highest BCUT2D eigenvalue weighted by molar-refractivity contribution is 7.99. The number of urea groups is 1. The Morgan fingerprint density at radius 3 is 2.44 bits per heavy atom. The molecule has 0 saturated carbocycles. The Bertz CT molecular complexity index is 236. The van der Waals surface area contributed by atoms with Crippen molar-refractivity contribution in [3.63, 3.8) is 0 Å². The zero-order valence-electron chi connectivity index (χ0n) is 9.95. The Hall–Kier alpha value is -0.910. The summed E-state index contributed by atoms with van der Waals surface area (Å²) < 4.78 is 0. The van der Waals surface area contributed by atoms with E-state index in [0.717, 1.165) is 17.9 Å². The van der Waals surface area contributed by atoms with Crippen molar-refractivity contribution in [3.8, 4) is 0 Å². The Morgan fingerprint density at radius 1 is 1.31 bits per heavy atom. The van der Waals surface area contributed by atoms with Crippen LogP contribution in [0.15, 0.2) is 0 Å². The molecular weight excluding hydrogens is 228 g/mol. The Labute approximate surface area is 100 Å². The van der Waals surface area contributed by atoms with E-state index in [0.29, 0.717) is 0 Å². The van der Waals surface area contributed by atoms with E-state index >= 15 is 0 Å². The molecule has 0 aliphatic heterocycles. The summed E-state index contributed by atoms with van der Waals surface area (Å²) in [4.78, 5) is 21.8. The van der Waals surface area contributed by atoms with E-state index in [4.69, 9.17) is 5.11 Å². The molecule has 0 aliphatic rings. The number of carboxylic acids is 1. The maximum atomic E-state index is 11.3. The van der Waals surface area contributed by atoms with Crippen LogP contribution in [0.5, 0.6) is 0 Å². The van der Waals surface area contributed by atoms with Crippen LogP contribution in [0.1, 0.15) is 27.2 Å². The topological polar surface area (TPSA) is 78.4 Å². The van der Waals surface area contributed by atoms with Gasteiger partial charge in [0.05, 0.1) is 0 Å². The third kappa shape index (κ3) is 7.39. The molecule has 0 bridgehead atoms. The molecule has 0 aromatic heterocycles. The van der Waals surface area contributed by atoms with Crippen LogP contribution < -0.4 is 10.6 Å². The van der Waals surface area contributed by atoms with Gasteiger partial charge in [-0.05, 0) is 31.8 Å². The van der Waals surface area contributed by atoms with Crippen LogP contribution in [0.25, 0.3) is 0 Å². The molecule has 3 N–H and O–H groups in total. The minimum Gasteiger partial charge on any atom is -0.480 e. The second kappa shape index (κ2) is 8.27. The van der Waals surface area contributed by atoms with E-state index in [9.17, 15) is 9.59 Å². The number of carbonyl (C=O) groups excluding carboxylic acids is 1. The number of aliphatic carboxylic acids is 1. The molecule has 2 atom stereocenters. The molecule has 6 heteroatoms. The van der Waals surface area contributed by atoms with Gasteiger partial charge in [-0.15, -0.1) is 0 Å². The fraction of sp³-hybridized carbons (Fsp3) is 0.800. The maximum Gasteiger partial charge on any atom is 0.325 e. The van der Waals surface area contributed by atoms with Gasteiger partial charge in [0.1, 0.15) is 6.04 Å². The van der Waals surface area contributed by atoms with Gasteiger partial charge in [-0.3, -0.25) is 4.79 Å². The van der Waals surface area contributed by atoms with E-state index in [1.54, 1.807) is 0 Å². The molecule has 0 rings (SSSR count). The quantitative estimate of drug-likeness (QED) is 0.593. The van der Waals surface area contributed by atoms with Crippen molar-refractivity contribution < 1.29 is 14.7 Å². The lowest BCUT2D eigenvalue weighted by Crippen LogP contribution is -2.47. The summed E-state index contributed by atoms with van der Waals surface area (Å²) in [6.45, 7) is 5.42. The SMILES string of the molecule is CCSCCC(C)NC(=O)N[C@H](C)C(=O)O. The zero-order chi connectivity index (χ0) is 12.6. The standard InChI is InChI=1S/C10H20N2O3S/c1-4-16-6-5-7(2)11-10(15)12-8(3)9(13)14/h7-8H,4-6H2,1-3H3,(H,13,14)(H2,11,12,15)/t7?,8-/m1/s1. The lowest BCUT2D eigenvalue weighted by molar-refractivity contribution is -0.138. The molecule has 2 amide bonds. The summed E-state index contributed by atoms with van der Waals surface area (Å²) in [5, 5.41) is 13.6. The highest BCUT2D eigenvalue weighted by Gasteiger charge is 2.14. The van der Waals surface area contributed by atoms with Crippen molar-refractivity contribution in [3.05, 3.63) is 0 Å². The smallest absolute Gasteiger partial charge is 0.325 e. The van der Waals surface area contributed by atoms with Crippen molar-refractivity contribution in [1.82, 2.24) is 10.6 Å². The molecule has 1 unspecified atom stereocenters. The lowest BCUT2D eigenvalue weighted by atomic mass is 10.2. The van der Waals surface area contributed by atoms with Gasteiger partial charge < -0.3 is 15.7 Å². The van der Waals surface area contributed by atoms with Crippen molar-refractivity contribution in [2.75, 3.05) is 11.5 Å². The summed E-state index contributed by atoms with van der Waals surface area (Å²) in [6, 6.07) is -1.24. The lowest BCUT2D eigenvalue weighted by Gasteiger charge is -2.15. The van der Waals surface area contributed by atoms with Gasteiger partial charge in [-0.1, -0.05) is 6.92 Å². The predicted molar refractivity (Wildman–Crippen MR) is 65.8 cm³/mol. The van der Waals surface area contributed by atoms with Gasteiger partial charge in [-0.25, -0.2) is 4.79 Å². The second-order valence-electron chi connectivity index (χ2n) is 3.56. The average Bonchev–Trinajstić information content (AvgIpc) is 2.17. The fourth-order valence-corrected chi connectivity index (χ4v) is 1.81. The number of carbonyl (C=O) groups is 2. The van der Waals surface area contributed by atoms with E-state index in [-0.39, 0.29) is 6.04 Å². The average molecular weight is 248 g/mol. The molecule has 0 heterocycles. The first-order valence-corrected chi connectivity index (χ1v) is 6.50. The van der Waals surface area contributed by atoms with E-state index in [1.165, 1.54) is 6.92 Å². The van der Waals surface area contributed by atoms with Crippen LogP contribution >= 0.6 is 11.8 Å². The molecule has 0 saturated heterocycles. The minimum absolute atomic E-state index is 0.0556. The normalized spacial score (nSPS) is 13.9. The molecule has 0 spiro atoms. The van der Waals surface area contributed by atoms with Crippen LogP contribution in [0.2, 0.25) is 0 Å². The first-order valence-electron chi connectivity index (χ1n) is 5.35. The number of carboxylic acid groups (broad SMARTS) is 1. The Kier molecular flexibility index (Phi) is 7.80. The maximum absolute atomic E-state index is 11.3. The highest BCUT2D eigenvalue weighted by atomic mass is 32.2. The van der Waals surface area contributed by atoms with Gasteiger partial charge in [0.25, 0.3) is 0 Å². The zero-order valence-corrected chi connectivity index (χ0v) is 10.8. The minimum atomic E-state index is -1.04. The number of amides is 2. The van der Waals surface area contributed by atoms with Crippen molar-refractivity contribution in [1.29, 1.82) is 0 Å². The number of nitrogens with one attached hydrogen (secondary N) is 2. The van der Waals surface area contributed by atoms with Gasteiger partial charge in [-0.2, -0.15) is 11.8 Å². The summed E-state index contributed by atoms with van der Waals surface area (Å²) >= 11 is 1.82. The van der Waals surface area contributed by atoms with Crippen molar-refractivity contribution in [2.45, 2.75) is 39.3 Å². The van der Waals surface area contributed by atoms with E-state index < -0.39 is 18.0 Å². The molecule has 5 nitrogen and oxygen atoms in total. The van der Waals surface area contributed by atoms with Crippen LogP contribution in [0.3, 0.4) is 0 Å². The third-order valence-electron chi connectivity index (χ3n) is 1.99. The van der Waals surface area contributed by atoms with Gasteiger partial charge in [0.2, 0.25) is 0 Å². The van der Waals surface area contributed by atoms with Crippen molar-refractivity contribution in [2.24, 2.45) is 0 Å². The molecule has 0 aliphatic carbocycles. The van der Waals surface area contributed by atoms with E-state index in [1.807, 2.05) is 18.7 Å². The molecule has 0 aromatic carbocycles. The third-order valence-corrected chi connectivity index (χ3v) is 2.93. The van der Waals surface area contributed by atoms with Crippen molar-refractivity contribution >= 4 is 23.8 Å². The van der Waals surface area contributed by atoms with Gasteiger partial charge in [0.15, 0.2) is 0 Å².